The van der Waals surface area contributed by atoms with Gasteiger partial charge in [-0.05, 0) is 49.3 Å². The molecule has 3 rings (SSSR count). The Bertz CT molecular complexity index is 845. The van der Waals surface area contributed by atoms with Crippen molar-refractivity contribution in [1.82, 2.24) is 9.62 Å². The van der Waals surface area contributed by atoms with Gasteiger partial charge in [0.05, 0.1) is 13.0 Å². The van der Waals surface area contributed by atoms with Crippen LogP contribution in [0.3, 0.4) is 0 Å². The zero-order chi connectivity index (χ0) is 22.4. The van der Waals surface area contributed by atoms with Crippen molar-refractivity contribution in [3.63, 3.8) is 0 Å². The maximum atomic E-state index is 13.5. The Morgan fingerprint density at radius 1 is 1.06 bits per heavy atom. The highest BCUT2D eigenvalue weighted by Crippen LogP contribution is 2.32. The molecule has 31 heavy (non-hydrogen) atoms. The van der Waals surface area contributed by atoms with E-state index in [4.69, 9.17) is 4.74 Å². The number of nitrogens with zero attached hydrogens (tertiary/aromatic N) is 1. The first-order valence-corrected chi connectivity index (χ1v) is 13.3. The summed E-state index contributed by atoms with van der Waals surface area (Å²) in [6.07, 6.45) is 9.54. The third-order valence-electron chi connectivity index (χ3n) is 6.68. The summed E-state index contributed by atoms with van der Waals surface area (Å²) in [4.78, 5) is 13.2. The number of carbonyl (C=O) groups is 1. The number of benzene rings is 1. The summed E-state index contributed by atoms with van der Waals surface area (Å²) in [5.41, 5.74) is 0.954. The minimum absolute atomic E-state index is 0.00775. The number of rotatable bonds is 6. The second-order valence-corrected chi connectivity index (χ2v) is 11.2. The van der Waals surface area contributed by atoms with Crippen molar-refractivity contribution in [2.24, 2.45) is 5.92 Å². The van der Waals surface area contributed by atoms with Gasteiger partial charge in [-0.1, -0.05) is 52.0 Å². The van der Waals surface area contributed by atoms with Crippen molar-refractivity contribution >= 4 is 15.9 Å². The molecule has 2 fully saturated rings. The minimum Gasteiger partial charge on any atom is -0.495 e. The number of sulfonamides is 1. The van der Waals surface area contributed by atoms with Crippen LogP contribution >= 0.6 is 0 Å². The van der Waals surface area contributed by atoms with Crippen LogP contribution in [-0.4, -0.2) is 44.9 Å². The lowest BCUT2D eigenvalue weighted by atomic mass is 9.94. The summed E-state index contributed by atoms with van der Waals surface area (Å²) >= 11 is 0. The molecule has 0 bridgehead atoms. The first-order chi connectivity index (χ1) is 14.8. The predicted molar refractivity (Wildman–Crippen MR) is 123 cm³/mol. The average molecular weight is 451 g/mol. The summed E-state index contributed by atoms with van der Waals surface area (Å²) in [6.45, 7) is 4.74. The second kappa shape index (κ2) is 10.8. The van der Waals surface area contributed by atoms with E-state index >= 15 is 0 Å². The van der Waals surface area contributed by atoms with Gasteiger partial charge < -0.3 is 10.1 Å². The van der Waals surface area contributed by atoms with Gasteiger partial charge in [-0.15, -0.1) is 0 Å². The SMILES string of the molecule is COc1ccc(C(C)C)cc1S(=O)(=O)N1CCC[C@H](C(=O)NC2CCCCCCC2)C1. The Morgan fingerprint density at radius 3 is 2.39 bits per heavy atom. The number of methoxy groups -OCH3 is 1. The fourth-order valence-corrected chi connectivity index (χ4v) is 6.40. The zero-order valence-corrected chi connectivity index (χ0v) is 20.0. The van der Waals surface area contributed by atoms with Crippen LogP contribution < -0.4 is 10.1 Å². The van der Waals surface area contributed by atoms with Crippen molar-refractivity contribution in [1.29, 1.82) is 0 Å². The highest BCUT2D eigenvalue weighted by Gasteiger charge is 2.35. The highest BCUT2D eigenvalue weighted by atomic mass is 32.2. The smallest absolute Gasteiger partial charge is 0.246 e. The van der Waals surface area contributed by atoms with Gasteiger partial charge in [-0.2, -0.15) is 4.31 Å². The van der Waals surface area contributed by atoms with E-state index in [2.05, 4.69) is 5.32 Å². The van der Waals surface area contributed by atoms with Crippen LogP contribution in [-0.2, 0) is 14.8 Å². The molecule has 0 unspecified atom stereocenters. The molecular weight excluding hydrogens is 412 g/mol. The molecule has 1 aliphatic heterocycles. The van der Waals surface area contributed by atoms with Gasteiger partial charge in [-0.3, -0.25) is 4.79 Å². The molecule has 6 nitrogen and oxygen atoms in total. The Hall–Kier alpha value is -1.60. The fraction of sp³-hybridized carbons (Fsp3) is 0.708. The van der Waals surface area contributed by atoms with Gasteiger partial charge in [0.2, 0.25) is 15.9 Å². The van der Waals surface area contributed by atoms with E-state index in [1.165, 1.54) is 30.7 Å². The number of hydrogen-bond acceptors (Lipinski definition) is 4. The number of nitrogens with one attached hydrogen (secondary N) is 1. The first-order valence-electron chi connectivity index (χ1n) is 11.8. The van der Waals surface area contributed by atoms with Crippen molar-refractivity contribution in [3.05, 3.63) is 23.8 Å². The second-order valence-electron chi connectivity index (χ2n) is 9.32. The number of hydrogen-bond donors (Lipinski definition) is 1. The number of ether oxygens (including phenoxy) is 1. The molecule has 1 N–H and O–H groups in total. The lowest BCUT2D eigenvalue weighted by Gasteiger charge is -2.33. The lowest BCUT2D eigenvalue weighted by Crippen LogP contribution is -2.47. The molecule has 1 atom stereocenters. The number of amides is 1. The molecule has 2 aliphatic rings. The molecule has 1 amide bonds. The quantitative estimate of drug-likeness (QED) is 0.695. The molecule has 0 radical (unpaired) electrons. The first kappa shape index (κ1) is 24.1. The van der Waals surface area contributed by atoms with Crippen LogP contribution in [0.2, 0.25) is 0 Å². The normalized spacial score (nSPS) is 22.0. The Morgan fingerprint density at radius 2 is 1.74 bits per heavy atom. The number of piperidine rings is 1. The molecule has 174 valence electrons. The summed E-state index contributed by atoms with van der Waals surface area (Å²) in [5, 5.41) is 3.23. The van der Waals surface area contributed by atoms with E-state index in [0.29, 0.717) is 18.7 Å². The van der Waals surface area contributed by atoms with Gasteiger partial charge in [0.15, 0.2) is 0 Å². The van der Waals surface area contributed by atoms with Crippen LogP contribution in [0, 0.1) is 5.92 Å². The molecular formula is C24H38N2O4S. The Balaban J connectivity index is 1.73. The van der Waals surface area contributed by atoms with E-state index in [1.807, 2.05) is 19.9 Å². The van der Waals surface area contributed by atoms with E-state index in [9.17, 15) is 13.2 Å². The van der Waals surface area contributed by atoms with E-state index in [0.717, 1.165) is 37.7 Å². The molecule has 1 saturated carbocycles. The standard InChI is InChI=1S/C24H38N2O4S/c1-18(2)19-13-14-22(30-3)23(16-19)31(28,29)26-15-9-10-20(17-26)24(27)25-21-11-7-5-4-6-8-12-21/h13-14,16,18,20-21H,4-12,15,17H2,1-3H3,(H,25,27)/t20-/m0/s1. The lowest BCUT2D eigenvalue weighted by molar-refractivity contribution is -0.126. The van der Waals surface area contributed by atoms with Crippen molar-refractivity contribution in [3.8, 4) is 5.75 Å². The summed E-state index contributed by atoms with van der Waals surface area (Å²) in [7, 11) is -2.25. The summed E-state index contributed by atoms with van der Waals surface area (Å²) in [6, 6.07) is 5.58. The zero-order valence-electron chi connectivity index (χ0n) is 19.2. The monoisotopic (exact) mass is 450 g/mol. The molecule has 7 heteroatoms. The Labute approximate surface area is 187 Å². The highest BCUT2D eigenvalue weighted by molar-refractivity contribution is 7.89. The topological polar surface area (TPSA) is 75.7 Å². The van der Waals surface area contributed by atoms with Gasteiger partial charge in [0, 0.05) is 19.1 Å². The van der Waals surface area contributed by atoms with Gasteiger partial charge >= 0.3 is 0 Å². The molecule has 1 saturated heterocycles. The molecule has 1 aliphatic carbocycles. The molecule has 0 spiro atoms. The predicted octanol–water partition coefficient (Wildman–Crippen LogP) is 4.45. The molecule has 0 aromatic heterocycles. The summed E-state index contributed by atoms with van der Waals surface area (Å²) in [5.74, 6) is 0.274. The Kier molecular flexibility index (Phi) is 8.39. The van der Waals surface area contributed by atoms with Crippen molar-refractivity contribution in [2.45, 2.75) is 88.5 Å². The van der Waals surface area contributed by atoms with Crippen LogP contribution in [0.1, 0.15) is 83.1 Å². The van der Waals surface area contributed by atoms with E-state index in [-0.39, 0.29) is 35.2 Å². The van der Waals surface area contributed by atoms with Crippen molar-refractivity contribution in [2.75, 3.05) is 20.2 Å². The van der Waals surface area contributed by atoms with Gasteiger partial charge in [0.1, 0.15) is 10.6 Å². The van der Waals surface area contributed by atoms with Crippen LogP contribution in [0.4, 0.5) is 0 Å². The van der Waals surface area contributed by atoms with Crippen LogP contribution in [0.25, 0.3) is 0 Å². The molecule has 1 aromatic carbocycles. The maximum absolute atomic E-state index is 13.5. The summed E-state index contributed by atoms with van der Waals surface area (Å²) < 4.78 is 33.8. The molecule has 1 heterocycles. The molecule has 1 aromatic rings. The third kappa shape index (κ3) is 6.01. The minimum atomic E-state index is -3.74. The average Bonchev–Trinajstić information content (AvgIpc) is 2.75. The third-order valence-corrected chi connectivity index (χ3v) is 8.56. The largest absolute Gasteiger partial charge is 0.495 e. The van der Waals surface area contributed by atoms with Gasteiger partial charge in [-0.25, -0.2) is 8.42 Å². The van der Waals surface area contributed by atoms with E-state index < -0.39 is 10.0 Å². The number of carbonyl (C=O) groups excluding carboxylic acids is 1. The van der Waals surface area contributed by atoms with Gasteiger partial charge in [0.25, 0.3) is 0 Å². The fourth-order valence-electron chi connectivity index (χ4n) is 4.69. The van der Waals surface area contributed by atoms with Crippen LogP contribution in [0.15, 0.2) is 23.1 Å². The van der Waals surface area contributed by atoms with Crippen LogP contribution in [0.5, 0.6) is 5.75 Å². The maximum Gasteiger partial charge on any atom is 0.246 e. The van der Waals surface area contributed by atoms with E-state index in [1.54, 1.807) is 12.1 Å². The van der Waals surface area contributed by atoms with Crippen molar-refractivity contribution < 1.29 is 17.9 Å².